The zero-order valence-electron chi connectivity index (χ0n) is 15.4. The van der Waals surface area contributed by atoms with E-state index in [1.54, 1.807) is 17.4 Å². The highest BCUT2D eigenvalue weighted by molar-refractivity contribution is 8.13. The molecule has 0 saturated heterocycles. The average Bonchev–Trinajstić information content (AvgIpc) is 2.78. The predicted octanol–water partition coefficient (Wildman–Crippen LogP) is 2.16. The molecule has 5 rings (SSSR count). The second-order valence-corrected chi connectivity index (χ2v) is 7.60. The smallest absolute Gasteiger partial charge is 0.276 e. The van der Waals surface area contributed by atoms with Gasteiger partial charge in [0, 0.05) is 28.9 Å². The van der Waals surface area contributed by atoms with Crippen LogP contribution in [-0.4, -0.2) is 21.1 Å². The quantitative estimate of drug-likeness (QED) is 0.733. The first-order chi connectivity index (χ1) is 14.3. The van der Waals surface area contributed by atoms with Gasteiger partial charge in [-0.2, -0.15) is 0 Å². The number of aromatic nitrogens is 1. The van der Waals surface area contributed by atoms with Gasteiger partial charge in [-0.3, -0.25) is 20.1 Å². The van der Waals surface area contributed by atoms with E-state index in [0.717, 1.165) is 16.1 Å². The number of amidine groups is 1. The standard InChI is InChI=1S/C22H17N5OS/c28-21-19-17-10-4-5-11-18(17)24-20(16-9-6-12-23-13-16)27(19)26-22(25-21)29-14-15-7-2-1-3-8-15/h1-13,20H,14H2,(H,25,26,28)/t20-/m0/s1. The van der Waals surface area contributed by atoms with Crippen LogP contribution >= 0.6 is 11.8 Å². The van der Waals surface area contributed by atoms with Crippen molar-refractivity contribution in [1.82, 2.24) is 15.3 Å². The Morgan fingerprint density at radius 1 is 1.00 bits per heavy atom. The Morgan fingerprint density at radius 2 is 1.83 bits per heavy atom. The summed E-state index contributed by atoms with van der Waals surface area (Å²) in [7, 11) is 0. The van der Waals surface area contributed by atoms with Gasteiger partial charge in [-0.05, 0) is 17.7 Å². The van der Waals surface area contributed by atoms with Gasteiger partial charge in [0.25, 0.3) is 5.91 Å². The van der Waals surface area contributed by atoms with Crippen LogP contribution in [0.3, 0.4) is 0 Å². The maximum Gasteiger partial charge on any atom is 0.276 e. The lowest BCUT2D eigenvalue weighted by molar-refractivity contribution is -0.116. The van der Waals surface area contributed by atoms with Crippen molar-refractivity contribution >= 4 is 28.5 Å². The summed E-state index contributed by atoms with van der Waals surface area (Å²) in [6.45, 7) is 0. The highest BCUT2D eigenvalue weighted by atomic mass is 32.2. The van der Waals surface area contributed by atoms with Crippen molar-refractivity contribution in [3.05, 3.63) is 101 Å². The first kappa shape index (κ1) is 17.6. The molecule has 1 N–H and O–H groups in total. The number of benzene rings is 2. The number of nitrogens with one attached hydrogen (secondary N) is 1. The van der Waals surface area contributed by atoms with Crippen LogP contribution in [0, 0.1) is 0 Å². The van der Waals surface area contributed by atoms with Crippen LogP contribution in [0.4, 0.5) is 0 Å². The number of carbonyl (C=O) groups is 1. The molecule has 142 valence electrons. The van der Waals surface area contributed by atoms with Crippen LogP contribution in [0.15, 0.2) is 89.2 Å². The minimum atomic E-state index is -0.438. The first-order valence-corrected chi connectivity index (χ1v) is 10.2. The number of amides is 1. The van der Waals surface area contributed by atoms with Gasteiger partial charge in [-0.25, -0.2) is 5.01 Å². The molecular weight excluding hydrogens is 382 g/mol. The van der Waals surface area contributed by atoms with Crippen molar-refractivity contribution in [1.29, 1.82) is 0 Å². The Hall–Kier alpha value is -3.45. The highest BCUT2D eigenvalue weighted by Crippen LogP contribution is 2.30. The second kappa shape index (κ2) is 7.52. The van der Waals surface area contributed by atoms with Gasteiger partial charge in [-0.15, -0.1) is 5.10 Å². The van der Waals surface area contributed by atoms with Crippen LogP contribution in [0.1, 0.15) is 17.3 Å². The van der Waals surface area contributed by atoms with Crippen molar-refractivity contribution in [2.45, 2.75) is 11.9 Å². The molecule has 2 aliphatic rings. The summed E-state index contributed by atoms with van der Waals surface area (Å²) in [5.41, 5.74) is 2.56. The summed E-state index contributed by atoms with van der Waals surface area (Å²) >= 11 is 1.49. The SMILES string of the molecule is O=C1NC(SCc2ccccc2)=NN2C1=c1ccccc1=N[C@@H]2c1cccnc1. The van der Waals surface area contributed by atoms with Gasteiger partial charge in [0.1, 0.15) is 5.70 Å². The van der Waals surface area contributed by atoms with E-state index < -0.39 is 6.17 Å². The third kappa shape index (κ3) is 3.40. The molecule has 0 radical (unpaired) electrons. The average molecular weight is 399 g/mol. The number of hydrogen-bond donors (Lipinski definition) is 1. The first-order valence-electron chi connectivity index (χ1n) is 9.22. The summed E-state index contributed by atoms with van der Waals surface area (Å²) in [4.78, 5) is 22.1. The van der Waals surface area contributed by atoms with Gasteiger partial charge in [0.15, 0.2) is 11.3 Å². The number of para-hydroxylation sites is 1. The maximum absolute atomic E-state index is 13.0. The molecule has 0 fully saturated rings. The number of pyridine rings is 1. The molecule has 7 heteroatoms. The summed E-state index contributed by atoms with van der Waals surface area (Å²) < 4.78 is 0. The predicted molar refractivity (Wildman–Crippen MR) is 113 cm³/mol. The largest absolute Gasteiger partial charge is 0.298 e. The lowest BCUT2D eigenvalue weighted by atomic mass is 10.1. The Bertz CT molecular complexity index is 1210. The van der Waals surface area contributed by atoms with Crippen LogP contribution in [0.25, 0.3) is 5.70 Å². The third-order valence-corrected chi connectivity index (χ3v) is 5.65. The zero-order valence-corrected chi connectivity index (χ0v) is 16.2. The zero-order chi connectivity index (χ0) is 19.6. The minimum absolute atomic E-state index is 0.174. The molecule has 0 spiro atoms. The van der Waals surface area contributed by atoms with E-state index >= 15 is 0 Å². The van der Waals surface area contributed by atoms with Crippen molar-refractivity contribution in [2.24, 2.45) is 10.1 Å². The molecule has 2 aliphatic heterocycles. The minimum Gasteiger partial charge on any atom is -0.298 e. The third-order valence-electron chi connectivity index (χ3n) is 4.72. The molecule has 6 nitrogen and oxygen atoms in total. The summed E-state index contributed by atoms with van der Waals surface area (Å²) in [5, 5.41) is 11.5. The monoisotopic (exact) mass is 399 g/mol. The maximum atomic E-state index is 13.0. The highest BCUT2D eigenvalue weighted by Gasteiger charge is 2.34. The van der Waals surface area contributed by atoms with Crippen molar-refractivity contribution in [3.63, 3.8) is 0 Å². The van der Waals surface area contributed by atoms with Crippen molar-refractivity contribution in [2.75, 3.05) is 0 Å². The fourth-order valence-electron chi connectivity index (χ4n) is 3.36. The number of hydrogen-bond acceptors (Lipinski definition) is 6. The van der Waals surface area contributed by atoms with Gasteiger partial charge < -0.3 is 0 Å². The fraction of sp³-hybridized carbons (Fsp3) is 0.0909. The van der Waals surface area contributed by atoms with Crippen LogP contribution in [0.5, 0.6) is 0 Å². The Morgan fingerprint density at radius 3 is 2.66 bits per heavy atom. The summed E-state index contributed by atoms with van der Waals surface area (Å²) in [5.74, 6) is 0.542. The van der Waals surface area contributed by atoms with Gasteiger partial charge in [0.2, 0.25) is 0 Å². The summed E-state index contributed by atoms with van der Waals surface area (Å²) in [6, 6.07) is 21.6. The molecule has 29 heavy (non-hydrogen) atoms. The van der Waals surface area contributed by atoms with E-state index in [4.69, 9.17) is 10.1 Å². The van der Waals surface area contributed by atoms with Gasteiger partial charge >= 0.3 is 0 Å². The molecule has 3 heterocycles. The molecule has 1 aromatic heterocycles. The second-order valence-electron chi connectivity index (χ2n) is 6.63. The van der Waals surface area contributed by atoms with E-state index in [-0.39, 0.29) is 5.91 Å². The Kier molecular flexibility index (Phi) is 4.57. The van der Waals surface area contributed by atoms with Crippen molar-refractivity contribution in [3.8, 4) is 0 Å². The summed E-state index contributed by atoms with van der Waals surface area (Å²) in [6.07, 6.45) is 3.04. The number of hydrazone groups is 1. The molecular formula is C22H17N5OS. The number of rotatable bonds is 3. The Labute approximate surface area is 171 Å². The fourth-order valence-corrected chi connectivity index (χ4v) is 4.17. The van der Waals surface area contributed by atoms with Gasteiger partial charge in [0.05, 0.1) is 5.36 Å². The van der Waals surface area contributed by atoms with Crippen LogP contribution in [0.2, 0.25) is 0 Å². The Balaban J connectivity index is 1.57. The topological polar surface area (TPSA) is 70.0 Å². The molecule has 0 bridgehead atoms. The van der Waals surface area contributed by atoms with Crippen LogP contribution in [-0.2, 0) is 10.5 Å². The van der Waals surface area contributed by atoms with E-state index in [1.807, 2.05) is 54.6 Å². The van der Waals surface area contributed by atoms with Crippen molar-refractivity contribution < 1.29 is 4.79 Å². The lowest BCUT2D eigenvalue weighted by Crippen LogP contribution is -2.50. The number of carbonyl (C=O) groups excluding carboxylic acids is 1. The lowest BCUT2D eigenvalue weighted by Gasteiger charge is -2.33. The molecule has 1 amide bonds. The molecule has 1 atom stereocenters. The molecule has 0 unspecified atom stereocenters. The molecule has 2 aromatic carbocycles. The van der Waals surface area contributed by atoms with E-state index in [9.17, 15) is 4.79 Å². The van der Waals surface area contributed by atoms with E-state index in [0.29, 0.717) is 16.6 Å². The van der Waals surface area contributed by atoms with Crippen LogP contribution < -0.4 is 15.9 Å². The van der Waals surface area contributed by atoms with E-state index in [1.165, 1.54) is 17.3 Å². The van der Waals surface area contributed by atoms with Gasteiger partial charge in [-0.1, -0.05) is 66.4 Å². The molecule has 3 aromatic rings. The molecule has 0 aliphatic carbocycles. The molecule has 0 saturated carbocycles. The number of nitrogens with zero attached hydrogens (tertiary/aromatic N) is 4. The number of fused-ring (bicyclic) bond motifs is 2. The normalized spacial score (nSPS) is 17.6. The van der Waals surface area contributed by atoms with E-state index in [2.05, 4.69) is 22.4 Å². The number of thioether (sulfide) groups is 1.